The number of hydrogen-bond donors (Lipinski definition) is 1. The summed E-state index contributed by atoms with van der Waals surface area (Å²) >= 11 is 0. The van der Waals surface area contributed by atoms with Crippen LogP contribution < -0.4 is 14.8 Å². The molecule has 1 saturated heterocycles. The van der Waals surface area contributed by atoms with Crippen LogP contribution in [0.15, 0.2) is 18.3 Å². The standard InChI is InChI=1S/C19H28F3N3O3/c1-12(2)13-9-25(5)10-14(13)24-17(26)18(3,4)11-27-16-15(7-6-8-23-16)28-19(20,21)22/h6-8,12-14H,9-11H2,1-5H3,(H,24,26). The third-order valence-electron chi connectivity index (χ3n) is 4.87. The number of likely N-dealkylation sites (N-methyl/N-ethyl adjacent to an activating group) is 1. The first-order valence-corrected chi connectivity index (χ1v) is 9.22. The smallest absolute Gasteiger partial charge is 0.474 e. The molecule has 1 fully saturated rings. The van der Waals surface area contributed by atoms with Gasteiger partial charge in [0.25, 0.3) is 5.88 Å². The highest BCUT2D eigenvalue weighted by atomic mass is 19.4. The van der Waals surface area contributed by atoms with Crippen molar-refractivity contribution in [1.82, 2.24) is 15.2 Å². The second kappa shape index (κ2) is 8.55. The molecule has 158 valence electrons. The number of rotatable bonds is 7. The first-order valence-electron chi connectivity index (χ1n) is 9.22. The van der Waals surface area contributed by atoms with Crippen LogP contribution in [0.2, 0.25) is 0 Å². The van der Waals surface area contributed by atoms with Crippen molar-refractivity contribution < 1.29 is 27.4 Å². The fourth-order valence-corrected chi connectivity index (χ4v) is 3.23. The van der Waals surface area contributed by atoms with Crippen molar-refractivity contribution in [3.05, 3.63) is 18.3 Å². The molecule has 1 amide bonds. The molecule has 1 aliphatic rings. The number of nitrogens with one attached hydrogen (secondary N) is 1. The first kappa shape index (κ1) is 22.3. The van der Waals surface area contributed by atoms with Gasteiger partial charge in [0, 0.05) is 25.3 Å². The quantitative estimate of drug-likeness (QED) is 0.758. The predicted molar refractivity (Wildman–Crippen MR) is 98.0 cm³/mol. The number of likely N-dealkylation sites (tertiary alicyclic amines) is 1. The van der Waals surface area contributed by atoms with Gasteiger partial charge in [0.15, 0.2) is 5.75 Å². The Morgan fingerprint density at radius 3 is 2.64 bits per heavy atom. The summed E-state index contributed by atoms with van der Waals surface area (Å²) < 4.78 is 46.9. The third-order valence-corrected chi connectivity index (χ3v) is 4.87. The minimum atomic E-state index is -4.85. The normalized spacial score (nSPS) is 21.0. The summed E-state index contributed by atoms with van der Waals surface area (Å²) in [5.74, 6) is -0.295. The lowest BCUT2D eigenvalue weighted by atomic mass is 9.88. The summed E-state index contributed by atoms with van der Waals surface area (Å²) in [6, 6.07) is 2.45. The Kier molecular flexibility index (Phi) is 6.80. The van der Waals surface area contributed by atoms with Gasteiger partial charge in [-0.15, -0.1) is 13.2 Å². The van der Waals surface area contributed by atoms with E-state index in [-0.39, 0.29) is 24.4 Å². The molecule has 2 heterocycles. The Morgan fingerprint density at radius 2 is 2.04 bits per heavy atom. The highest BCUT2D eigenvalue weighted by Crippen LogP contribution is 2.31. The Balaban J connectivity index is 2.01. The van der Waals surface area contributed by atoms with Gasteiger partial charge in [0.05, 0.1) is 5.41 Å². The van der Waals surface area contributed by atoms with Crippen LogP contribution in [0.5, 0.6) is 11.6 Å². The summed E-state index contributed by atoms with van der Waals surface area (Å²) in [5, 5.41) is 3.08. The molecule has 6 nitrogen and oxygen atoms in total. The lowest BCUT2D eigenvalue weighted by Crippen LogP contribution is -2.49. The van der Waals surface area contributed by atoms with Crippen LogP contribution in [0, 0.1) is 17.3 Å². The maximum atomic E-state index is 12.8. The second-order valence-electron chi connectivity index (χ2n) is 8.24. The van der Waals surface area contributed by atoms with Crippen LogP contribution in [0.1, 0.15) is 27.7 Å². The topological polar surface area (TPSA) is 63.7 Å². The SMILES string of the molecule is CC(C)C1CN(C)CC1NC(=O)C(C)(C)COc1ncccc1OC(F)(F)F. The molecule has 0 aromatic carbocycles. The maximum Gasteiger partial charge on any atom is 0.573 e. The molecule has 9 heteroatoms. The largest absolute Gasteiger partial charge is 0.573 e. The van der Waals surface area contributed by atoms with E-state index in [9.17, 15) is 18.0 Å². The minimum absolute atomic E-state index is 0.0238. The van der Waals surface area contributed by atoms with Crippen molar-refractivity contribution in [3.8, 4) is 11.6 Å². The number of pyridine rings is 1. The van der Waals surface area contributed by atoms with Crippen molar-refractivity contribution >= 4 is 5.91 Å². The Labute approximate surface area is 163 Å². The molecule has 0 spiro atoms. The fraction of sp³-hybridized carbons (Fsp3) is 0.684. The van der Waals surface area contributed by atoms with Crippen molar-refractivity contribution in [3.63, 3.8) is 0 Å². The number of nitrogens with zero attached hydrogens (tertiary/aromatic N) is 2. The molecular weight excluding hydrogens is 375 g/mol. The minimum Gasteiger partial charge on any atom is -0.474 e. The molecule has 0 saturated carbocycles. The van der Waals surface area contributed by atoms with Gasteiger partial charge in [-0.2, -0.15) is 0 Å². The number of carbonyl (C=O) groups is 1. The van der Waals surface area contributed by atoms with Gasteiger partial charge in [-0.05, 0) is 44.9 Å². The molecule has 2 atom stereocenters. The molecule has 1 aromatic heterocycles. The number of amides is 1. The molecule has 0 bridgehead atoms. The molecule has 1 N–H and O–H groups in total. The van der Waals surface area contributed by atoms with E-state index >= 15 is 0 Å². The van der Waals surface area contributed by atoms with Gasteiger partial charge in [0.2, 0.25) is 5.91 Å². The summed E-state index contributed by atoms with van der Waals surface area (Å²) in [6.45, 7) is 9.14. The number of ether oxygens (including phenoxy) is 2. The molecule has 1 aromatic rings. The molecule has 1 aliphatic heterocycles. The maximum absolute atomic E-state index is 12.8. The van der Waals surface area contributed by atoms with E-state index in [1.807, 2.05) is 7.05 Å². The summed E-state index contributed by atoms with van der Waals surface area (Å²) in [5.41, 5.74) is -0.963. The van der Waals surface area contributed by atoms with Crippen molar-refractivity contribution in [1.29, 1.82) is 0 Å². The number of hydrogen-bond acceptors (Lipinski definition) is 5. The van der Waals surface area contributed by atoms with E-state index < -0.39 is 17.5 Å². The van der Waals surface area contributed by atoms with Crippen LogP contribution >= 0.6 is 0 Å². The van der Waals surface area contributed by atoms with Crippen molar-refractivity contribution in [2.75, 3.05) is 26.7 Å². The number of aromatic nitrogens is 1. The van der Waals surface area contributed by atoms with Crippen LogP contribution in [-0.4, -0.2) is 54.9 Å². The number of alkyl halides is 3. The van der Waals surface area contributed by atoms with E-state index in [4.69, 9.17) is 4.74 Å². The number of halogens is 3. The highest BCUT2D eigenvalue weighted by molar-refractivity contribution is 5.82. The average molecular weight is 403 g/mol. The fourth-order valence-electron chi connectivity index (χ4n) is 3.23. The summed E-state index contributed by atoms with van der Waals surface area (Å²) in [6.07, 6.45) is -3.55. The summed E-state index contributed by atoms with van der Waals surface area (Å²) in [4.78, 5) is 18.8. The van der Waals surface area contributed by atoms with Gasteiger partial charge in [-0.3, -0.25) is 4.79 Å². The van der Waals surface area contributed by atoms with Crippen LogP contribution in [0.4, 0.5) is 13.2 Å². The second-order valence-corrected chi connectivity index (χ2v) is 8.24. The van der Waals surface area contributed by atoms with E-state index in [2.05, 4.69) is 33.8 Å². The van der Waals surface area contributed by atoms with E-state index in [1.54, 1.807) is 13.8 Å². The van der Waals surface area contributed by atoms with E-state index in [0.29, 0.717) is 11.8 Å². The first-order chi connectivity index (χ1) is 12.9. The molecular formula is C19H28F3N3O3. The lowest BCUT2D eigenvalue weighted by molar-refractivity contribution is -0.275. The van der Waals surface area contributed by atoms with Crippen LogP contribution in [-0.2, 0) is 4.79 Å². The highest BCUT2D eigenvalue weighted by Gasteiger charge is 2.38. The van der Waals surface area contributed by atoms with Gasteiger partial charge >= 0.3 is 6.36 Å². The Morgan fingerprint density at radius 1 is 1.36 bits per heavy atom. The van der Waals surface area contributed by atoms with Gasteiger partial charge in [-0.25, -0.2) is 4.98 Å². The molecule has 0 radical (unpaired) electrons. The van der Waals surface area contributed by atoms with Crippen LogP contribution in [0.25, 0.3) is 0 Å². The molecule has 2 rings (SSSR count). The van der Waals surface area contributed by atoms with E-state index in [1.165, 1.54) is 12.3 Å². The van der Waals surface area contributed by atoms with E-state index in [0.717, 1.165) is 19.2 Å². The zero-order chi connectivity index (χ0) is 21.1. The van der Waals surface area contributed by atoms with Crippen molar-refractivity contribution in [2.45, 2.75) is 40.1 Å². The molecule has 2 unspecified atom stereocenters. The van der Waals surface area contributed by atoms with Crippen LogP contribution in [0.3, 0.4) is 0 Å². The monoisotopic (exact) mass is 403 g/mol. The van der Waals surface area contributed by atoms with Gasteiger partial charge in [0.1, 0.15) is 6.61 Å². The summed E-state index contributed by atoms with van der Waals surface area (Å²) in [7, 11) is 2.01. The molecule has 0 aliphatic carbocycles. The zero-order valence-corrected chi connectivity index (χ0v) is 16.8. The third kappa shape index (κ3) is 5.98. The predicted octanol–water partition coefficient (Wildman–Crippen LogP) is 3.09. The van der Waals surface area contributed by atoms with Gasteiger partial charge in [-0.1, -0.05) is 13.8 Å². The van der Waals surface area contributed by atoms with Crippen molar-refractivity contribution in [2.24, 2.45) is 17.3 Å². The number of carbonyl (C=O) groups excluding carboxylic acids is 1. The zero-order valence-electron chi connectivity index (χ0n) is 16.8. The molecule has 28 heavy (non-hydrogen) atoms. The average Bonchev–Trinajstić information content (AvgIpc) is 2.93. The van der Waals surface area contributed by atoms with Gasteiger partial charge < -0.3 is 19.7 Å². The Hall–Kier alpha value is -2.03. The Bertz CT molecular complexity index is 680. The lowest BCUT2D eigenvalue weighted by Gasteiger charge is -2.29.